The maximum absolute atomic E-state index is 5.68. The Balaban J connectivity index is 1.84. The van der Waals surface area contributed by atoms with Gasteiger partial charge in [-0.25, -0.2) is 0 Å². The molecule has 0 aliphatic carbocycles. The van der Waals surface area contributed by atoms with Gasteiger partial charge in [0, 0.05) is 18.7 Å². The van der Waals surface area contributed by atoms with Gasteiger partial charge in [0.2, 0.25) is 0 Å². The Hall–Kier alpha value is -1.10. The van der Waals surface area contributed by atoms with Crippen LogP contribution in [0.2, 0.25) is 0 Å². The lowest BCUT2D eigenvalue weighted by atomic mass is 10.1. The molecule has 2 N–H and O–H groups in total. The maximum atomic E-state index is 5.68. The molecule has 100 valence electrons. The third-order valence-electron chi connectivity index (χ3n) is 3.16. The first kappa shape index (κ1) is 13.3. The average Bonchev–Trinajstić information content (AvgIpc) is 2.91. The fraction of sp³-hybridized carbons (Fsp3) is 0.571. The normalized spacial score (nSPS) is 19.1. The molecule has 1 heterocycles. The highest BCUT2D eigenvalue weighted by molar-refractivity contribution is 5.36. The van der Waals surface area contributed by atoms with Crippen LogP contribution in [-0.2, 0) is 22.6 Å². The van der Waals surface area contributed by atoms with E-state index >= 15 is 0 Å². The highest BCUT2D eigenvalue weighted by Crippen LogP contribution is 2.20. The number of ether oxygens (including phenoxy) is 3. The van der Waals surface area contributed by atoms with Gasteiger partial charge in [-0.2, -0.15) is 0 Å². The molecule has 0 spiro atoms. The molecule has 1 unspecified atom stereocenters. The van der Waals surface area contributed by atoms with Crippen LogP contribution >= 0.6 is 0 Å². The van der Waals surface area contributed by atoms with Crippen LogP contribution in [0.1, 0.15) is 24.0 Å². The maximum Gasteiger partial charge on any atom is 0.123 e. The Kier molecular flexibility index (Phi) is 4.99. The minimum absolute atomic E-state index is 0.275. The fourth-order valence-electron chi connectivity index (χ4n) is 2.17. The van der Waals surface area contributed by atoms with Gasteiger partial charge < -0.3 is 19.9 Å². The molecule has 4 heteroatoms. The Morgan fingerprint density at radius 3 is 3.00 bits per heavy atom. The van der Waals surface area contributed by atoms with Gasteiger partial charge in [-0.05, 0) is 30.5 Å². The topological polar surface area (TPSA) is 53.7 Å². The predicted octanol–water partition coefficient (Wildman–Crippen LogP) is 1.85. The van der Waals surface area contributed by atoms with Crippen molar-refractivity contribution in [3.05, 3.63) is 29.3 Å². The number of hydrogen-bond acceptors (Lipinski definition) is 4. The van der Waals surface area contributed by atoms with Crippen molar-refractivity contribution < 1.29 is 14.2 Å². The molecule has 1 aromatic rings. The lowest BCUT2D eigenvalue weighted by Gasteiger charge is -2.12. The van der Waals surface area contributed by atoms with Crippen molar-refractivity contribution in [2.45, 2.75) is 32.1 Å². The smallest absolute Gasteiger partial charge is 0.123 e. The fourth-order valence-corrected chi connectivity index (χ4v) is 2.17. The SMILES string of the molecule is COc1ccc(COCC2CCCO2)cc1CN. The van der Waals surface area contributed by atoms with Crippen LogP contribution < -0.4 is 10.5 Å². The van der Waals surface area contributed by atoms with Crippen molar-refractivity contribution in [2.75, 3.05) is 20.3 Å². The van der Waals surface area contributed by atoms with Crippen LogP contribution in [0.4, 0.5) is 0 Å². The van der Waals surface area contributed by atoms with Crippen LogP contribution in [-0.4, -0.2) is 26.4 Å². The minimum Gasteiger partial charge on any atom is -0.496 e. The van der Waals surface area contributed by atoms with Gasteiger partial charge in [0.25, 0.3) is 0 Å². The first-order valence-electron chi connectivity index (χ1n) is 6.38. The number of benzene rings is 1. The van der Waals surface area contributed by atoms with Crippen molar-refractivity contribution in [1.82, 2.24) is 0 Å². The molecule has 1 fully saturated rings. The summed E-state index contributed by atoms with van der Waals surface area (Å²) in [6, 6.07) is 5.98. The predicted molar refractivity (Wildman–Crippen MR) is 69.5 cm³/mol. The molecule has 1 saturated heterocycles. The molecule has 18 heavy (non-hydrogen) atoms. The molecule has 0 bridgehead atoms. The van der Waals surface area contributed by atoms with Crippen molar-refractivity contribution in [3.8, 4) is 5.75 Å². The molecule has 0 radical (unpaired) electrons. The van der Waals surface area contributed by atoms with E-state index in [1.54, 1.807) is 7.11 Å². The van der Waals surface area contributed by atoms with Crippen LogP contribution in [0, 0.1) is 0 Å². The zero-order valence-electron chi connectivity index (χ0n) is 10.9. The minimum atomic E-state index is 0.275. The summed E-state index contributed by atoms with van der Waals surface area (Å²) in [6.07, 6.45) is 2.53. The van der Waals surface area contributed by atoms with E-state index in [0.717, 1.165) is 36.3 Å². The molecule has 0 saturated carbocycles. The van der Waals surface area contributed by atoms with Crippen LogP contribution in [0.25, 0.3) is 0 Å². The van der Waals surface area contributed by atoms with E-state index in [2.05, 4.69) is 0 Å². The Bertz CT molecular complexity index is 375. The molecule has 1 aliphatic rings. The molecular formula is C14H21NO3. The van der Waals surface area contributed by atoms with E-state index in [0.29, 0.717) is 19.8 Å². The first-order valence-corrected chi connectivity index (χ1v) is 6.38. The van der Waals surface area contributed by atoms with Gasteiger partial charge >= 0.3 is 0 Å². The van der Waals surface area contributed by atoms with E-state index in [4.69, 9.17) is 19.9 Å². The molecule has 1 aromatic carbocycles. The van der Waals surface area contributed by atoms with Crippen LogP contribution in [0.5, 0.6) is 5.75 Å². The van der Waals surface area contributed by atoms with Gasteiger partial charge in [-0.15, -0.1) is 0 Å². The van der Waals surface area contributed by atoms with Crippen molar-refractivity contribution >= 4 is 0 Å². The number of rotatable bonds is 6. The van der Waals surface area contributed by atoms with Gasteiger partial charge in [-0.1, -0.05) is 6.07 Å². The van der Waals surface area contributed by atoms with Gasteiger partial charge in [0.1, 0.15) is 5.75 Å². The second kappa shape index (κ2) is 6.73. The molecule has 1 aliphatic heterocycles. The second-order valence-electron chi connectivity index (χ2n) is 4.50. The van der Waals surface area contributed by atoms with Gasteiger partial charge in [0.15, 0.2) is 0 Å². The molecule has 0 amide bonds. The second-order valence-corrected chi connectivity index (χ2v) is 4.50. The van der Waals surface area contributed by atoms with Gasteiger partial charge in [0.05, 0.1) is 26.4 Å². The van der Waals surface area contributed by atoms with E-state index in [1.165, 1.54) is 0 Å². The van der Waals surface area contributed by atoms with E-state index in [9.17, 15) is 0 Å². The lowest BCUT2D eigenvalue weighted by molar-refractivity contribution is 0.0106. The molecule has 0 aromatic heterocycles. The summed E-state index contributed by atoms with van der Waals surface area (Å²) >= 11 is 0. The lowest BCUT2D eigenvalue weighted by Crippen LogP contribution is -2.14. The number of nitrogens with two attached hydrogens (primary N) is 1. The largest absolute Gasteiger partial charge is 0.496 e. The Morgan fingerprint density at radius 1 is 1.44 bits per heavy atom. The average molecular weight is 251 g/mol. The molecule has 4 nitrogen and oxygen atoms in total. The molecular weight excluding hydrogens is 230 g/mol. The summed E-state index contributed by atoms with van der Waals surface area (Å²) in [5.41, 5.74) is 7.81. The van der Waals surface area contributed by atoms with E-state index in [1.807, 2.05) is 18.2 Å². The van der Waals surface area contributed by atoms with Crippen molar-refractivity contribution in [1.29, 1.82) is 0 Å². The Labute approximate surface area is 108 Å². The summed E-state index contributed by atoms with van der Waals surface area (Å²) in [5.74, 6) is 0.834. The van der Waals surface area contributed by atoms with Crippen LogP contribution in [0.3, 0.4) is 0 Å². The van der Waals surface area contributed by atoms with Crippen molar-refractivity contribution in [3.63, 3.8) is 0 Å². The third-order valence-corrected chi connectivity index (χ3v) is 3.16. The monoisotopic (exact) mass is 251 g/mol. The standard InChI is InChI=1S/C14H21NO3/c1-16-14-5-4-11(7-12(14)8-15)9-17-10-13-3-2-6-18-13/h4-5,7,13H,2-3,6,8-10,15H2,1H3. The summed E-state index contributed by atoms with van der Waals surface area (Å²) < 4.78 is 16.4. The number of methoxy groups -OCH3 is 1. The highest BCUT2D eigenvalue weighted by atomic mass is 16.5. The molecule has 2 rings (SSSR count). The highest BCUT2D eigenvalue weighted by Gasteiger charge is 2.15. The van der Waals surface area contributed by atoms with Crippen molar-refractivity contribution in [2.24, 2.45) is 5.73 Å². The van der Waals surface area contributed by atoms with E-state index in [-0.39, 0.29) is 6.10 Å². The third kappa shape index (κ3) is 3.45. The quantitative estimate of drug-likeness (QED) is 0.838. The van der Waals surface area contributed by atoms with Crippen LogP contribution in [0.15, 0.2) is 18.2 Å². The number of hydrogen-bond donors (Lipinski definition) is 1. The van der Waals surface area contributed by atoms with Gasteiger partial charge in [-0.3, -0.25) is 0 Å². The summed E-state index contributed by atoms with van der Waals surface area (Å²) in [6.45, 7) is 2.61. The zero-order valence-corrected chi connectivity index (χ0v) is 10.9. The summed E-state index contributed by atoms with van der Waals surface area (Å²) in [5, 5.41) is 0. The molecule has 1 atom stereocenters. The summed E-state index contributed by atoms with van der Waals surface area (Å²) in [7, 11) is 1.65. The summed E-state index contributed by atoms with van der Waals surface area (Å²) in [4.78, 5) is 0. The first-order chi connectivity index (χ1) is 8.83. The van der Waals surface area contributed by atoms with E-state index < -0.39 is 0 Å². The zero-order chi connectivity index (χ0) is 12.8. The Morgan fingerprint density at radius 2 is 2.33 bits per heavy atom.